The molecule has 0 bridgehead atoms. The number of amides is 2. The highest BCUT2D eigenvalue weighted by molar-refractivity contribution is 5.83. The Morgan fingerprint density at radius 3 is 2.59 bits per heavy atom. The van der Waals surface area contributed by atoms with Crippen LogP contribution >= 0.6 is 0 Å². The molecule has 1 fully saturated rings. The van der Waals surface area contributed by atoms with E-state index in [0.717, 1.165) is 26.1 Å². The molecule has 1 heterocycles. The van der Waals surface area contributed by atoms with Crippen molar-refractivity contribution in [2.24, 2.45) is 0 Å². The molecule has 1 aliphatic rings. The van der Waals surface area contributed by atoms with E-state index in [0.29, 0.717) is 13.0 Å². The predicted octanol–water partition coefficient (Wildman–Crippen LogP) is 0.0652. The number of hydrogen-bond acceptors (Lipinski definition) is 3. The lowest BCUT2D eigenvalue weighted by atomic mass is 10.2. The Labute approximate surface area is 103 Å². The Hall–Kier alpha value is -1.10. The topological polar surface area (TPSA) is 52.7 Å². The standard InChI is InChI=1S/C12H23N3O2/c1-4-15(5-2)11(16)6-8-13-10-7-9-14(3)12(10)17/h10,13H,4-9H2,1-3H3. The van der Waals surface area contributed by atoms with E-state index < -0.39 is 0 Å². The quantitative estimate of drug-likeness (QED) is 0.716. The van der Waals surface area contributed by atoms with Gasteiger partial charge in [0.15, 0.2) is 0 Å². The van der Waals surface area contributed by atoms with Gasteiger partial charge in [-0.3, -0.25) is 9.59 Å². The van der Waals surface area contributed by atoms with Crippen molar-refractivity contribution in [3.8, 4) is 0 Å². The lowest BCUT2D eigenvalue weighted by Crippen LogP contribution is -2.39. The fraction of sp³-hybridized carbons (Fsp3) is 0.833. The van der Waals surface area contributed by atoms with Gasteiger partial charge in [0.05, 0.1) is 6.04 Å². The molecule has 1 atom stereocenters. The Morgan fingerprint density at radius 2 is 2.12 bits per heavy atom. The van der Waals surface area contributed by atoms with Crippen LogP contribution in [0.25, 0.3) is 0 Å². The van der Waals surface area contributed by atoms with Gasteiger partial charge in [-0.25, -0.2) is 0 Å². The maximum atomic E-state index is 11.7. The number of likely N-dealkylation sites (N-methyl/N-ethyl adjacent to an activating group) is 1. The minimum Gasteiger partial charge on any atom is -0.344 e. The van der Waals surface area contributed by atoms with Crippen LogP contribution in [0.4, 0.5) is 0 Å². The largest absolute Gasteiger partial charge is 0.344 e. The summed E-state index contributed by atoms with van der Waals surface area (Å²) in [4.78, 5) is 26.8. The third-order valence-corrected chi connectivity index (χ3v) is 3.27. The summed E-state index contributed by atoms with van der Waals surface area (Å²) in [5, 5.41) is 3.16. The first kappa shape index (κ1) is 14.0. The van der Waals surface area contributed by atoms with Crippen LogP contribution in [0.5, 0.6) is 0 Å². The monoisotopic (exact) mass is 241 g/mol. The zero-order valence-corrected chi connectivity index (χ0v) is 11.0. The predicted molar refractivity (Wildman–Crippen MR) is 66.6 cm³/mol. The highest BCUT2D eigenvalue weighted by Crippen LogP contribution is 2.08. The second kappa shape index (κ2) is 6.59. The SMILES string of the molecule is CCN(CC)C(=O)CCNC1CCN(C)C1=O. The normalized spacial score (nSPS) is 19.8. The molecule has 1 saturated heterocycles. The van der Waals surface area contributed by atoms with E-state index in [1.807, 2.05) is 25.8 Å². The number of nitrogens with zero attached hydrogens (tertiary/aromatic N) is 2. The number of rotatable bonds is 6. The first-order valence-corrected chi connectivity index (χ1v) is 6.36. The number of carbonyl (C=O) groups is 2. The molecule has 1 unspecified atom stereocenters. The zero-order chi connectivity index (χ0) is 12.8. The van der Waals surface area contributed by atoms with Gasteiger partial charge in [-0.1, -0.05) is 0 Å². The highest BCUT2D eigenvalue weighted by Gasteiger charge is 2.28. The minimum atomic E-state index is -0.0931. The second-order valence-corrected chi connectivity index (χ2v) is 4.37. The average Bonchev–Trinajstić information content (AvgIpc) is 2.62. The Morgan fingerprint density at radius 1 is 1.47 bits per heavy atom. The van der Waals surface area contributed by atoms with E-state index in [1.54, 1.807) is 4.90 Å². The molecular weight excluding hydrogens is 218 g/mol. The maximum absolute atomic E-state index is 11.7. The average molecular weight is 241 g/mol. The number of likely N-dealkylation sites (tertiary alicyclic amines) is 1. The smallest absolute Gasteiger partial charge is 0.239 e. The van der Waals surface area contributed by atoms with Gasteiger partial charge in [-0.15, -0.1) is 0 Å². The molecule has 0 saturated carbocycles. The van der Waals surface area contributed by atoms with E-state index in [4.69, 9.17) is 0 Å². The van der Waals surface area contributed by atoms with E-state index in [2.05, 4.69) is 5.32 Å². The van der Waals surface area contributed by atoms with Crippen molar-refractivity contribution in [3.05, 3.63) is 0 Å². The molecule has 0 spiro atoms. The number of nitrogens with one attached hydrogen (secondary N) is 1. The molecule has 5 heteroatoms. The van der Waals surface area contributed by atoms with Crippen LogP contribution in [0, 0.1) is 0 Å². The molecule has 0 aliphatic carbocycles. The summed E-state index contributed by atoms with van der Waals surface area (Å²) in [5.74, 6) is 0.293. The molecule has 17 heavy (non-hydrogen) atoms. The van der Waals surface area contributed by atoms with Crippen molar-refractivity contribution in [1.82, 2.24) is 15.1 Å². The molecule has 0 aromatic carbocycles. The number of carbonyl (C=O) groups excluding carboxylic acids is 2. The summed E-state index contributed by atoms with van der Waals surface area (Å²) >= 11 is 0. The molecular formula is C12H23N3O2. The van der Waals surface area contributed by atoms with Gasteiger partial charge in [-0.05, 0) is 20.3 Å². The summed E-state index contributed by atoms with van der Waals surface area (Å²) in [7, 11) is 1.81. The summed E-state index contributed by atoms with van der Waals surface area (Å²) in [6.45, 7) is 6.84. The van der Waals surface area contributed by atoms with Crippen molar-refractivity contribution in [3.63, 3.8) is 0 Å². The molecule has 98 valence electrons. The molecule has 5 nitrogen and oxygen atoms in total. The van der Waals surface area contributed by atoms with Gasteiger partial charge in [-0.2, -0.15) is 0 Å². The van der Waals surface area contributed by atoms with E-state index in [1.165, 1.54) is 0 Å². The summed E-state index contributed by atoms with van der Waals surface area (Å²) < 4.78 is 0. The van der Waals surface area contributed by atoms with Crippen molar-refractivity contribution < 1.29 is 9.59 Å². The molecule has 0 aromatic rings. The minimum absolute atomic E-state index is 0.0931. The van der Waals surface area contributed by atoms with Gasteiger partial charge in [0, 0.05) is 39.6 Å². The van der Waals surface area contributed by atoms with Gasteiger partial charge < -0.3 is 15.1 Å². The zero-order valence-electron chi connectivity index (χ0n) is 11.0. The molecule has 0 radical (unpaired) electrons. The first-order chi connectivity index (χ1) is 8.10. The fourth-order valence-corrected chi connectivity index (χ4v) is 2.10. The second-order valence-electron chi connectivity index (χ2n) is 4.37. The van der Waals surface area contributed by atoms with Gasteiger partial charge >= 0.3 is 0 Å². The van der Waals surface area contributed by atoms with E-state index >= 15 is 0 Å². The maximum Gasteiger partial charge on any atom is 0.239 e. The van der Waals surface area contributed by atoms with Crippen LogP contribution in [0.3, 0.4) is 0 Å². The summed E-state index contributed by atoms with van der Waals surface area (Å²) in [6.07, 6.45) is 1.31. The van der Waals surface area contributed by atoms with Crippen LogP contribution in [0.2, 0.25) is 0 Å². The molecule has 1 N–H and O–H groups in total. The van der Waals surface area contributed by atoms with Gasteiger partial charge in [0.25, 0.3) is 0 Å². The molecule has 0 aromatic heterocycles. The summed E-state index contributed by atoms with van der Waals surface area (Å²) in [6, 6.07) is -0.0931. The Bertz CT molecular complexity index is 277. The molecule has 1 rings (SSSR count). The third-order valence-electron chi connectivity index (χ3n) is 3.27. The van der Waals surface area contributed by atoms with E-state index in [-0.39, 0.29) is 17.9 Å². The van der Waals surface area contributed by atoms with Crippen molar-refractivity contribution in [2.45, 2.75) is 32.7 Å². The van der Waals surface area contributed by atoms with Crippen molar-refractivity contribution >= 4 is 11.8 Å². The lowest BCUT2D eigenvalue weighted by Gasteiger charge is -2.19. The van der Waals surface area contributed by atoms with Crippen molar-refractivity contribution in [2.75, 3.05) is 33.2 Å². The van der Waals surface area contributed by atoms with Crippen LogP contribution in [0.1, 0.15) is 26.7 Å². The van der Waals surface area contributed by atoms with Gasteiger partial charge in [0.2, 0.25) is 11.8 Å². The number of hydrogen-bond donors (Lipinski definition) is 1. The van der Waals surface area contributed by atoms with E-state index in [9.17, 15) is 9.59 Å². The first-order valence-electron chi connectivity index (χ1n) is 6.36. The van der Waals surface area contributed by atoms with Crippen LogP contribution in [-0.4, -0.2) is 60.9 Å². The molecule has 2 amide bonds. The van der Waals surface area contributed by atoms with Crippen molar-refractivity contribution in [1.29, 1.82) is 0 Å². The highest BCUT2D eigenvalue weighted by atomic mass is 16.2. The van der Waals surface area contributed by atoms with Gasteiger partial charge in [0.1, 0.15) is 0 Å². The van der Waals surface area contributed by atoms with Crippen LogP contribution in [-0.2, 0) is 9.59 Å². The molecule has 1 aliphatic heterocycles. The fourth-order valence-electron chi connectivity index (χ4n) is 2.10. The Balaban J connectivity index is 2.24. The Kier molecular flexibility index (Phi) is 5.41. The third kappa shape index (κ3) is 3.70. The van der Waals surface area contributed by atoms with Crippen LogP contribution in [0.15, 0.2) is 0 Å². The van der Waals surface area contributed by atoms with Crippen LogP contribution < -0.4 is 5.32 Å². The summed E-state index contributed by atoms with van der Waals surface area (Å²) in [5.41, 5.74) is 0. The lowest BCUT2D eigenvalue weighted by molar-refractivity contribution is -0.131.